The van der Waals surface area contributed by atoms with Gasteiger partial charge in [-0.1, -0.05) is 171 Å². The van der Waals surface area contributed by atoms with Crippen LogP contribution in [0, 0.1) is 0 Å². The molecule has 2 aliphatic heterocycles. The molecule has 1 aromatic heterocycles. The van der Waals surface area contributed by atoms with Gasteiger partial charge in [0.1, 0.15) is 0 Å². The summed E-state index contributed by atoms with van der Waals surface area (Å²) in [4.78, 5) is 8.79. The van der Waals surface area contributed by atoms with Crippen molar-refractivity contribution >= 4 is 84.1 Å². The number of hydrogen-bond donors (Lipinski definition) is 0. The Morgan fingerprint density at radius 1 is 0.592 bits per heavy atom. The molecule has 13 rings (SSSR count). The summed E-state index contributed by atoms with van der Waals surface area (Å²) < 4.78 is 1.38. The molecule has 4 aliphatic rings. The lowest BCUT2D eigenvalue weighted by Gasteiger charge is -2.30. The van der Waals surface area contributed by atoms with Crippen LogP contribution in [0.4, 0.5) is 45.5 Å². The highest BCUT2D eigenvalue weighted by molar-refractivity contribution is 7.20. The van der Waals surface area contributed by atoms with Gasteiger partial charge in [-0.3, -0.25) is 0 Å². The molecule has 0 saturated carbocycles. The molecule has 0 radical (unpaired) electrons. The van der Waals surface area contributed by atoms with Crippen LogP contribution in [0.25, 0.3) is 49.6 Å². The van der Waals surface area contributed by atoms with Crippen molar-refractivity contribution < 1.29 is 0 Å². The minimum Gasteiger partial charge on any atom is -0.332 e. The summed E-state index contributed by atoms with van der Waals surface area (Å²) in [5.74, 6) is 0.193. The molecule has 9 aromatic rings. The van der Waals surface area contributed by atoms with E-state index in [1.807, 2.05) is 11.3 Å². The number of nitrogens with zero attached hydrogens (tertiary/aromatic N) is 3. The van der Waals surface area contributed by atoms with Gasteiger partial charge >= 0.3 is 0 Å². The monoisotopic (exact) mass is 931 g/mol. The second-order valence-electron chi connectivity index (χ2n) is 18.9. The van der Waals surface area contributed by atoms with Crippen molar-refractivity contribution in [3.63, 3.8) is 0 Å². The van der Waals surface area contributed by atoms with Crippen LogP contribution in [0.15, 0.2) is 231 Å². The SMILES string of the molecule is C/C=C\c1sc2c(C3=CC4c5ccc6c(c5N(c5ccc(-c7cccc(N(c8ccc(C9=CCCC=C9)cc8)c8ccc(-c9ccccc9)cc8)c7)cc5)C4C=C3)N6c3ccccc3)cccc2c1CC. The number of para-hydroxylation sites is 1. The molecule has 0 saturated heterocycles. The van der Waals surface area contributed by atoms with E-state index in [-0.39, 0.29) is 12.0 Å². The van der Waals surface area contributed by atoms with Crippen molar-refractivity contribution in [3.05, 3.63) is 258 Å². The normalized spacial score (nSPS) is 16.5. The van der Waals surface area contributed by atoms with Gasteiger partial charge in [0.2, 0.25) is 0 Å². The number of benzene rings is 8. The zero-order valence-corrected chi connectivity index (χ0v) is 40.9. The maximum Gasteiger partial charge on any atom is 0.0946 e. The maximum absolute atomic E-state index is 2.61. The summed E-state index contributed by atoms with van der Waals surface area (Å²) in [7, 11) is 0. The lowest BCUT2D eigenvalue weighted by Crippen LogP contribution is -2.29. The molecule has 2 aliphatic carbocycles. The maximum atomic E-state index is 2.61. The van der Waals surface area contributed by atoms with Crippen LogP contribution in [0.3, 0.4) is 0 Å². The summed E-state index contributed by atoms with van der Waals surface area (Å²) >= 11 is 1.93. The van der Waals surface area contributed by atoms with Crippen LogP contribution in [-0.2, 0) is 6.42 Å². The van der Waals surface area contributed by atoms with Gasteiger partial charge in [-0.05, 0) is 160 Å². The molecule has 0 fully saturated rings. The smallest absolute Gasteiger partial charge is 0.0946 e. The van der Waals surface area contributed by atoms with Gasteiger partial charge in [-0.15, -0.1) is 11.3 Å². The highest BCUT2D eigenvalue weighted by Crippen LogP contribution is 2.65. The Bertz CT molecular complexity index is 3630. The minimum atomic E-state index is 0.138. The van der Waals surface area contributed by atoms with E-state index in [9.17, 15) is 0 Å². The zero-order valence-electron chi connectivity index (χ0n) is 40.0. The van der Waals surface area contributed by atoms with Crippen molar-refractivity contribution in [2.45, 2.75) is 45.1 Å². The fourth-order valence-electron chi connectivity index (χ4n) is 11.3. The summed E-state index contributed by atoms with van der Waals surface area (Å²) in [6.07, 6.45) is 22.0. The van der Waals surface area contributed by atoms with Crippen molar-refractivity contribution in [2.24, 2.45) is 0 Å². The number of hydrogen-bond acceptors (Lipinski definition) is 4. The number of allylic oxidation sites excluding steroid dienone is 7. The predicted octanol–water partition coefficient (Wildman–Crippen LogP) is 19.1. The van der Waals surface area contributed by atoms with Crippen LogP contribution in [0.5, 0.6) is 0 Å². The predicted molar refractivity (Wildman–Crippen MR) is 305 cm³/mol. The van der Waals surface area contributed by atoms with Crippen molar-refractivity contribution in [3.8, 4) is 22.3 Å². The average molecular weight is 932 g/mol. The largest absolute Gasteiger partial charge is 0.332 e. The third kappa shape index (κ3) is 7.58. The van der Waals surface area contributed by atoms with Crippen LogP contribution in [0.2, 0.25) is 0 Å². The van der Waals surface area contributed by atoms with E-state index >= 15 is 0 Å². The van der Waals surface area contributed by atoms with Gasteiger partial charge in [-0.25, -0.2) is 0 Å². The molecule has 2 atom stereocenters. The molecule has 3 heterocycles. The number of fused-ring (bicyclic) bond motifs is 6. The van der Waals surface area contributed by atoms with Crippen LogP contribution < -0.4 is 14.7 Å². The number of anilines is 8. The standard InChI is InChI=1S/C67H53N3S/c1-3-16-64-57(4-2)60-26-15-25-58(67(60)71-64)51-33-41-62-61(44-51)59-40-42-63-66(70(63)52-22-12-7-13-23-52)65(59)69(62)55-38-31-49(32-39-55)50-21-14-24-56(43-50)68(53-34-27-47(28-35-53)45-17-8-5-9-18-45)54-36-29-48(30-37-54)46-19-10-6-11-20-46/h3,5,7-10,12-44,61-62H,4,6,11H2,1-2H3/b16-3-. The molecule has 2 unspecified atom stereocenters. The Morgan fingerprint density at radius 2 is 1.28 bits per heavy atom. The third-order valence-electron chi connectivity index (χ3n) is 14.8. The van der Waals surface area contributed by atoms with Crippen molar-refractivity contribution in [1.29, 1.82) is 0 Å². The van der Waals surface area contributed by atoms with Gasteiger partial charge in [0.05, 0.1) is 23.1 Å². The van der Waals surface area contributed by atoms with Gasteiger partial charge in [0.25, 0.3) is 0 Å². The Morgan fingerprint density at radius 3 is 2.01 bits per heavy atom. The Balaban J connectivity index is 0.860. The third-order valence-corrected chi connectivity index (χ3v) is 16.0. The van der Waals surface area contributed by atoms with E-state index in [2.05, 4.69) is 265 Å². The molecule has 0 N–H and O–H groups in total. The highest BCUT2D eigenvalue weighted by Gasteiger charge is 2.46. The van der Waals surface area contributed by atoms with Crippen molar-refractivity contribution in [2.75, 3.05) is 14.7 Å². The molecular formula is C67H53N3S. The number of thiophene rings is 1. The average Bonchev–Trinajstić information content (AvgIpc) is 3.93. The second-order valence-corrected chi connectivity index (χ2v) is 20.0. The first-order chi connectivity index (χ1) is 35.1. The molecule has 71 heavy (non-hydrogen) atoms. The first kappa shape index (κ1) is 42.9. The van der Waals surface area contributed by atoms with E-state index < -0.39 is 0 Å². The molecule has 8 aromatic carbocycles. The quantitative estimate of drug-likeness (QED) is 0.120. The number of aryl methyl sites for hydroxylation is 1. The summed E-state index contributed by atoms with van der Waals surface area (Å²) in [6, 6.07) is 69.5. The van der Waals surface area contributed by atoms with Gasteiger partial charge in [-0.2, -0.15) is 0 Å². The van der Waals surface area contributed by atoms with E-state index in [0.29, 0.717) is 0 Å². The number of rotatable bonds is 11. The zero-order chi connectivity index (χ0) is 47.4. The van der Waals surface area contributed by atoms with E-state index in [4.69, 9.17) is 0 Å². The van der Waals surface area contributed by atoms with Crippen molar-refractivity contribution in [1.82, 2.24) is 0 Å². The molecule has 3 nitrogen and oxygen atoms in total. The lowest BCUT2D eigenvalue weighted by molar-refractivity contribution is 0.747. The van der Waals surface area contributed by atoms with E-state index in [0.717, 1.165) is 36.3 Å². The Kier molecular flexibility index (Phi) is 10.9. The van der Waals surface area contributed by atoms with Gasteiger partial charge in [0.15, 0.2) is 0 Å². The minimum absolute atomic E-state index is 0.138. The van der Waals surface area contributed by atoms with Crippen LogP contribution in [-0.4, -0.2) is 6.04 Å². The van der Waals surface area contributed by atoms with E-state index in [1.165, 1.54) is 99.1 Å². The first-order valence-electron chi connectivity index (χ1n) is 25.2. The molecule has 0 bridgehead atoms. The molecule has 0 amide bonds. The molecule has 342 valence electrons. The van der Waals surface area contributed by atoms with Crippen LogP contribution in [0.1, 0.15) is 59.7 Å². The summed E-state index contributed by atoms with van der Waals surface area (Å²) in [5, 5.41) is 1.38. The topological polar surface area (TPSA) is 9.49 Å². The molecule has 4 heteroatoms. The summed E-state index contributed by atoms with van der Waals surface area (Å²) in [6.45, 7) is 4.40. The lowest BCUT2D eigenvalue weighted by atomic mass is 9.86. The summed E-state index contributed by atoms with van der Waals surface area (Å²) in [5.41, 5.74) is 22.4. The molecule has 0 spiro atoms. The van der Waals surface area contributed by atoms with E-state index in [1.54, 1.807) is 0 Å². The Labute approximate surface area is 421 Å². The fourth-order valence-corrected chi connectivity index (χ4v) is 12.7. The fraction of sp³-hybridized carbons (Fsp3) is 0.104. The van der Waals surface area contributed by atoms with Crippen LogP contribution >= 0.6 is 11.3 Å². The van der Waals surface area contributed by atoms with Gasteiger partial charge in [0, 0.05) is 43.9 Å². The first-order valence-corrected chi connectivity index (χ1v) is 26.0. The molecular weight excluding hydrogens is 879 g/mol. The highest BCUT2D eigenvalue weighted by atomic mass is 32.1. The second kappa shape index (κ2) is 18.0. The van der Waals surface area contributed by atoms with Gasteiger partial charge < -0.3 is 14.7 Å². The Hall–Kier alpha value is -8.18.